The summed E-state index contributed by atoms with van der Waals surface area (Å²) in [5.41, 5.74) is 1.29. The van der Waals surface area contributed by atoms with Crippen LogP contribution in [0.25, 0.3) is 6.08 Å². The van der Waals surface area contributed by atoms with E-state index in [1.807, 2.05) is 0 Å². The Morgan fingerprint density at radius 1 is 0.882 bits per heavy atom. The summed E-state index contributed by atoms with van der Waals surface area (Å²) in [6.45, 7) is 7.23. The lowest BCUT2D eigenvalue weighted by molar-refractivity contribution is 1.05. The van der Waals surface area contributed by atoms with Gasteiger partial charge >= 0.3 is 0 Å². The normalized spacial score (nSPS) is 12.6. The zero-order valence-corrected chi connectivity index (χ0v) is 12.3. The van der Waals surface area contributed by atoms with Crippen molar-refractivity contribution in [2.75, 3.05) is 0 Å². The molecule has 0 fully saturated rings. The van der Waals surface area contributed by atoms with Gasteiger partial charge in [-0.05, 0) is 24.4 Å². The van der Waals surface area contributed by atoms with Crippen molar-refractivity contribution in [1.29, 1.82) is 0 Å². The highest BCUT2D eigenvalue weighted by Crippen LogP contribution is 2.09. The average Bonchev–Trinajstić information content (AvgIpc) is 2.28. The molecular weight excluding hydrogens is 220 g/mol. The van der Waals surface area contributed by atoms with Crippen LogP contribution in [0.2, 0.25) is 25.7 Å². The molecule has 1 aromatic rings. The fourth-order valence-electron chi connectivity index (χ4n) is 1.53. The number of allylic oxidation sites excluding steroid dienone is 3. The van der Waals surface area contributed by atoms with Crippen LogP contribution in [0.15, 0.2) is 48.6 Å². The Bertz CT molecular complexity index is 355. The number of benzene rings is 1. The minimum atomic E-state index is -0.883. The molecule has 0 unspecified atom stereocenters. The van der Waals surface area contributed by atoms with Gasteiger partial charge in [0.1, 0.15) is 0 Å². The molecule has 0 N–H and O–H groups in total. The van der Waals surface area contributed by atoms with Crippen molar-refractivity contribution in [2.24, 2.45) is 0 Å². The fraction of sp³-hybridized carbons (Fsp3) is 0.375. The average molecular weight is 244 g/mol. The largest absolute Gasteiger partial charge is 0.0912 e. The third kappa shape index (κ3) is 7.75. The summed E-state index contributed by atoms with van der Waals surface area (Å²) >= 11 is 0. The molecule has 0 amide bonds. The van der Waals surface area contributed by atoms with E-state index in [4.69, 9.17) is 0 Å². The number of rotatable bonds is 6. The number of hydrogen-bond acceptors (Lipinski definition) is 0. The fourth-order valence-corrected chi connectivity index (χ4v) is 2.40. The molecule has 0 saturated carbocycles. The van der Waals surface area contributed by atoms with Crippen LogP contribution >= 0.6 is 0 Å². The van der Waals surface area contributed by atoms with E-state index in [-0.39, 0.29) is 0 Å². The first kappa shape index (κ1) is 14.0. The molecule has 0 saturated heterocycles. The van der Waals surface area contributed by atoms with E-state index in [0.29, 0.717) is 0 Å². The smallest absolute Gasteiger partial charge is 0.0480 e. The number of unbranched alkanes of at least 4 members (excludes halogenated alkanes) is 1. The van der Waals surface area contributed by atoms with E-state index in [1.54, 1.807) is 0 Å². The second-order valence-corrected chi connectivity index (χ2v) is 11.2. The molecule has 0 radical (unpaired) electrons. The van der Waals surface area contributed by atoms with Crippen molar-refractivity contribution < 1.29 is 0 Å². The van der Waals surface area contributed by atoms with Gasteiger partial charge in [0, 0.05) is 8.07 Å². The molecule has 0 spiro atoms. The van der Waals surface area contributed by atoms with Gasteiger partial charge in [-0.1, -0.05) is 74.3 Å². The molecule has 0 aliphatic rings. The van der Waals surface area contributed by atoms with Crippen molar-refractivity contribution in [3.05, 3.63) is 54.1 Å². The van der Waals surface area contributed by atoms with Gasteiger partial charge < -0.3 is 0 Å². The molecule has 0 heterocycles. The van der Waals surface area contributed by atoms with E-state index in [1.165, 1.54) is 11.6 Å². The maximum absolute atomic E-state index is 2.41. The van der Waals surface area contributed by atoms with E-state index in [0.717, 1.165) is 12.8 Å². The Morgan fingerprint density at radius 3 is 2.18 bits per heavy atom. The van der Waals surface area contributed by atoms with Crippen molar-refractivity contribution in [2.45, 2.75) is 38.5 Å². The third-order valence-electron chi connectivity index (χ3n) is 2.51. The summed E-state index contributed by atoms with van der Waals surface area (Å²) in [7, 11) is -0.883. The van der Waals surface area contributed by atoms with Crippen LogP contribution in [0, 0.1) is 0 Å². The molecule has 0 aromatic heterocycles. The van der Waals surface area contributed by atoms with Gasteiger partial charge in [0.15, 0.2) is 0 Å². The van der Waals surface area contributed by atoms with Gasteiger partial charge in [0.25, 0.3) is 0 Å². The molecule has 0 atom stereocenters. The van der Waals surface area contributed by atoms with Crippen molar-refractivity contribution >= 4 is 14.1 Å². The second-order valence-electron chi connectivity index (χ2n) is 5.63. The maximum Gasteiger partial charge on any atom is 0.0480 e. The van der Waals surface area contributed by atoms with Crippen LogP contribution in [0.3, 0.4) is 0 Å². The monoisotopic (exact) mass is 244 g/mol. The zero-order chi connectivity index (χ0) is 12.6. The first-order chi connectivity index (χ1) is 8.08. The Morgan fingerprint density at radius 2 is 1.53 bits per heavy atom. The minimum absolute atomic E-state index is 0.883. The molecule has 1 rings (SSSR count). The summed E-state index contributed by atoms with van der Waals surface area (Å²) in [4.78, 5) is 0. The Hall–Kier alpha value is -1.08. The molecule has 17 heavy (non-hydrogen) atoms. The lowest BCUT2D eigenvalue weighted by Gasteiger charge is -2.11. The Balaban J connectivity index is 2.18. The van der Waals surface area contributed by atoms with Crippen LogP contribution in [-0.2, 0) is 0 Å². The molecule has 0 aliphatic carbocycles. The second kappa shape index (κ2) is 7.28. The molecule has 0 bridgehead atoms. The molecule has 92 valence electrons. The highest BCUT2D eigenvalue weighted by molar-refractivity contribution is 6.76. The van der Waals surface area contributed by atoms with Crippen molar-refractivity contribution in [3.8, 4) is 0 Å². The van der Waals surface area contributed by atoms with Crippen LogP contribution < -0.4 is 0 Å². The lowest BCUT2D eigenvalue weighted by Crippen LogP contribution is -2.17. The molecule has 0 nitrogen and oxygen atoms in total. The zero-order valence-electron chi connectivity index (χ0n) is 11.3. The third-order valence-corrected chi connectivity index (χ3v) is 3.97. The summed E-state index contributed by atoms with van der Waals surface area (Å²) < 4.78 is 0. The molecule has 0 aliphatic heterocycles. The van der Waals surface area contributed by atoms with E-state index >= 15 is 0 Å². The SMILES string of the molecule is C[Si](C)(C)CC=CCC/C=C/c1ccccc1. The predicted octanol–water partition coefficient (Wildman–Crippen LogP) is 5.37. The Labute approximate surface area is 107 Å². The summed E-state index contributed by atoms with van der Waals surface area (Å²) in [5.74, 6) is 0. The quantitative estimate of drug-likeness (QED) is 0.358. The van der Waals surface area contributed by atoms with Gasteiger partial charge in [-0.25, -0.2) is 0 Å². The summed E-state index contributed by atoms with van der Waals surface area (Å²) in [5, 5.41) is 0. The van der Waals surface area contributed by atoms with Gasteiger partial charge in [-0.2, -0.15) is 0 Å². The highest BCUT2D eigenvalue weighted by Gasteiger charge is 2.08. The lowest BCUT2D eigenvalue weighted by atomic mass is 10.2. The van der Waals surface area contributed by atoms with Gasteiger partial charge in [0.2, 0.25) is 0 Å². The first-order valence-corrected chi connectivity index (χ1v) is 10.2. The minimum Gasteiger partial charge on any atom is -0.0912 e. The van der Waals surface area contributed by atoms with E-state index in [9.17, 15) is 0 Å². The van der Waals surface area contributed by atoms with Crippen LogP contribution in [0.5, 0.6) is 0 Å². The maximum atomic E-state index is 2.41. The van der Waals surface area contributed by atoms with E-state index < -0.39 is 8.07 Å². The summed E-state index contributed by atoms with van der Waals surface area (Å²) in [6, 6.07) is 11.8. The molecule has 1 aromatic carbocycles. The van der Waals surface area contributed by atoms with Gasteiger partial charge in [-0.15, -0.1) is 0 Å². The molecule has 1 heteroatoms. The molecular formula is C16H24Si. The first-order valence-electron chi connectivity index (χ1n) is 6.44. The Kier molecular flexibility index (Phi) is 5.99. The van der Waals surface area contributed by atoms with Crippen LogP contribution in [0.4, 0.5) is 0 Å². The van der Waals surface area contributed by atoms with Crippen molar-refractivity contribution in [1.82, 2.24) is 0 Å². The van der Waals surface area contributed by atoms with Gasteiger partial charge in [-0.3, -0.25) is 0 Å². The van der Waals surface area contributed by atoms with Crippen LogP contribution in [-0.4, -0.2) is 8.07 Å². The van der Waals surface area contributed by atoms with Gasteiger partial charge in [0.05, 0.1) is 0 Å². The summed E-state index contributed by atoms with van der Waals surface area (Å²) in [6.07, 6.45) is 11.4. The highest BCUT2D eigenvalue weighted by atomic mass is 28.3. The van der Waals surface area contributed by atoms with E-state index in [2.05, 4.69) is 74.3 Å². The van der Waals surface area contributed by atoms with Crippen LogP contribution in [0.1, 0.15) is 18.4 Å². The standard InChI is InChI=1S/C16H24Si/c1-17(2,3)15-11-6-4-5-8-12-16-13-9-7-10-14-16/h6-14H,4-5,15H2,1-3H3/b11-6?,12-8+. The number of hydrogen-bond donors (Lipinski definition) is 0. The van der Waals surface area contributed by atoms with Crippen molar-refractivity contribution in [3.63, 3.8) is 0 Å². The predicted molar refractivity (Wildman–Crippen MR) is 82.0 cm³/mol. The topological polar surface area (TPSA) is 0 Å².